The van der Waals surface area contributed by atoms with E-state index in [1.807, 2.05) is 0 Å². The largest absolute Gasteiger partial charge is 0.384 e. The number of para-hydroxylation sites is 1. The van der Waals surface area contributed by atoms with Crippen molar-refractivity contribution in [2.45, 2.75) is 19.9 Å². The smallest absolute Gasteiger partial charge is 0.0340 e. The minimum absolute atomic E-state index is 0.689. The average molecular weight is 247 g/mol. The van der Waals surface area contributed by atoms with Gasteiger partial charge in [0, 0.05) is 51.0 Å². The molecule has 1 aromatic carbocycles. The number of hydrogen-bond donors (Lipinski definition) is 1. The van der Waals surface area contributed by atoms with Crippen LogP contribution in [0.3, 0.4) is 0 Å². The first-order valence-electron chi connectivity index (χ1n) is 7.01. The van der Waals surface area contributed by atoms with E-state index in [4.69, 9.17) is 0 Å². The molecular weight excluding hydrogens is 222 g/mol. The summed E-state index contributed by atoms with van der Waals surface area (Å²) in [5.74, 6) is 0. The van der Waals surface area contributed by atoms with Gasteiger partial charge < -0.3 is 5.32 Å². The molecule has 0 aromatic heterocycles. The Kier molecular flexibility index (Phi) is 5.02. The predicted molar refractivity (Wildman–Crippen MR) is 78.1 cm³/mol. The Hall–Kier alpha value is -1.06. The van der Waals surface area contributed by atoms with Gasteiger partial charge in [0.05, 0.1) is 0 Å². The Bertz CT molecular complexity index is 329. The summed E-state index contributed by atoms with van der Waals surface area (Å²) in [5.41, 5.74) is 1.22. The van der Waals surface area contributed by atoms with Crippen molar-refractivity contribution in [1.82, 2.24) is 9.80 Å². The van der Waals surface area contributed by atoms with Gasteiger partial charge in [-0.25, -0.2) is 0 Å². The monoisotopic (exact) mass is 247 g/mol. The fourth-order valence-corrected chi connectivity index (χ4v) is 2.42. The summed E-state index contributed by atoms with van der Waals surface area (Å²) in [4.78, 5) is 5.11. The Morgan fingerprint density at radius 3 is 2.33 bits per heavy atom. The van der Waals surface area contributed by atoms with Gasteiger partial charge in [0.2, 0.25) is 0 Å². The second kappa shape index (κ2) is 6.76. The first kappa shape index (κ1) is 13.4. The number of nitrogens with zero attached hydrogens (tertiary/aromatic N) is 2. The van der Waals surface area contributed by atoms with Crippen molar-refractivity contribution in [1.29, 1.82) is 0 Å². The van der Waals surface area contributed by atoms with Gasteiger partial charge in [0.15, 0.2) is 0 Å². The molecule has 0 unspecified atom stereocenters. The number of benzene rings is 1. The molecule has 1 heterocycles. The molecule has 100 valence electrons. The molecule has 0 bridgehead atoms. The highest BCUT2D eigenvalue weighted by Crippen LogP contribution is 2.07. The molecule has 0 amide bonds. The lowest BCUT2D eigenvalue weighted by Gasteiger charge is -2.36. The third-order valence-electron chi connectivity index (χ3n) is 3.67. The molecular formula is C15H25N3. The highest BCUT2D eigenvalue weighted by Gasteiger charge is 2.17. The molecule has 0 aliphatic carbocycles. The van der Waals surface area contributed by atoms with Crippen molar-refractivity contribution in [2.24, 2.45) is 0 Å². The minimum Gasteiger partial charge on any atom is -0.384 e. The van der Waals surface area contributed by atoms with Gasteiger partial charge in [0.1, 0.15) is 0 Å². The van der Waals surface area contributed by atoms with E-state index in [-0.39, 0.29) is 0 Å². The molecule has 1 aliphatic heterocycles. The van der Waals surface area contributed by atoms with Crippen molar-refractivity contribution in [3.8, 4) is 0 Å². The topological polar surface area (TPSA) is 18.5 Å². The van der Waals surface area contributed by atoms with E-state index in [0.29, 0.717) is 6.04 Å². The van der Waals surface area contributed by atoms with Gasteiger partial charge in [-0.05, 0) is 26.0 Å². The summed E-state index contributed by atoms with van der Waals surface area (Å²) in [6, 6.07) is 11.1. The molecule has 0 spiro atoms. The third kappa shape index (κ3) is 4.00. The van der Waals surface area contributed by atoms with Crippen molar-refractivity contribution < 1.29 is 0 Å². The van der Waals surface area contributed by atoms with Crippen LogP contribution in [0.4, 0.5) is 5.69 Å². The van der Waals surface area contributed by atoms with Crippen LogP contribution >= 0.6 is 0 Å². The number of hydrogen-bond acceptors (Lipinski definition) is 3. The maximum atomic E-state index is 3.47. The van der Waals surface area contributed by atoms with E-state index < -0.39 is 0 Å². The Morgan fingerprint density at radius 1 is 1.06 bits per heavy atom. The lowest BCUT2D eigenvalue weighted by Crippen LogP contribution is -2.49. The number of nitrogens with one attached hydrogen (secondary N) is 1. The lowest BCUT2D eigenvalue weighted by molar-refractivity contribution is 0.111. The minimum atomic E-state index is 0.689. The number of anilines is 1. The maximum Gasteiger partial charge on any atom is 0.0340 e. The van der Waals surface area contributed by atoms with Crippen LogP contribution in [0.5, 0.6) is 0 Å². The van der Waals surface area contributed by atoms with E-state index >= 15 is 0 Å². The van der Waals surface area contributed by atoms with Crippen LogP contribution in [0.25, 0.3) is 0 Å². The number of rotatable bonds is 5. The summed E-state index contributed by atoms with van der Waals surface area (Å²) >= 11 is 0. The lowest BCUT2D eigenvalue weighted by atomic mass is 10.2. The van der Waals surface area contributed by atoms with Crippen LogP contribution in [0.15, 0.2) is 30.3 Å². The van der Waals surface area contributed by atoms with Gasteiger partial charge >= 0.3 is 0 Å². The van der Waals surface area contributed by atoms with Crippen LogP contribution < -0.4 is 5.32 Å². The zero-order chi connectivity index (χ0) is 12.8. The number of piperazine rings is 1. The van der Waals surface area contributed by atoms with Crippen LogP contribution in [-0.2, 0) is 0 Å². The van der Waals surface area contributed by atoms with Gasteiger partial charge in [-0.15, -0.1) is 0 Å². The standard InChI is InChI=1S/C15H25N3/c1-14(2)18-12-10-17(11-13-18)9-8-16-15-6-4-3-5-7-15/h3-7,14,16H,8-13H2,1-2H3. The van der Waals surface area contributed by atoms with E-state index in [9.17, 15) is 0 Å². The first-order chi connectivity index (χ1) is 8.75. The zero-order valence-electron chi connectivity index (χ0n) is 11.6. The molecule has 18 heavy (non-hydrogen) atoms. The summed E-state index contributed by atoms with van der Waals surface area (Å²) in [7, 11) is 0. The van der Waals surface area contributed by atoms with E-state index in [1.165, 1.54) is 31.9 Å². The van der Waals surface area contributed by atoms with Gasteiger partial charge in [-0.2, -0.15) is 0 Å². The fourth-order valence-electron chi connectivity index (χ4n) is 2.42. The quantitative estimate of drug-likeness (QED) is 0.860. The Labute approximate surface area is 111 Å². The van der Waals surface area contributed by atoms with E-state index in [0.717, 1.165) is 13.1 Å². The summed E-state index contributed by atoms with van der Waals surface area (Å²) in [6.45, 7) is 11.6. The molecule has 0 atom stereocenters. The summed E-state index contributed by atoms with van der Waals surface area (Å²) < 4.78 is 0. The average Bonchev–Trinajstić information content (AvgIpc) is 2.40. The second-order valence-electron chi connectivity index (χ2n) is 5.26. The zero-order valence-corrected chi connectivity index (χ0v) is 11.6. The normalized spacial score (nSPS) is 18.2. The molecule has 1 fully saturated rings. The third-order valence-corrected chi connectivity index (χ3v) is 3.67. The molecule has 0 radical (unpaired) electrons. The molecule has 0 saturated carbocycles. The maximum absolute atomic E-state index is 3.47. The summed E-state index contributed by atoms with van der Waals surface area (Å²) in [5, 5.41) is 3.47. The second-order valence-corrected chi connectivity index (χ2v) is 5.26. The molecule has 1 N–H and O–H groups in total. The van der Waals surface area contributed by atoms with Gasteiger partial charge in [0.25, 0.3) is 0 Å². The molecule has 2 rings (SSSR count). The molecule has 1 aliphatic rings. The van der Waals surface area contributed by atoms with Crippen LogP contribution in [-0.4, -0.2) is 55.1 Å². The Balaban J connectivity index is 1.64. The predicted octanol–water partition coefficient (Wildman–Crippen LogP) is 2.12. The van der Waals surface area contributed by atoms with Crippen molar-refractivity contribution in [2.75, 3.05) is 44.6 Å². The van der Waals surface area contributed by atoms with Crippen molar-refractivity contribution in [3.05, 3.63) is 30.3 Å². The molecule has 3 heteroatoms. The fraction of sp³-hybridized carbons (Fsp3) is 0.600. The van der Waals surface area contributed by atoms with Crippen LogP contribution in [0.2, 0.25) is 0 Å². The SMILES string of the molecule is CC(C)N1CCN(CCNc2ccccc2)CC1. The Morgan fingerprint density at radius 2 is 1.72 bits per heavy atom. The van der Waals surface area contributed by atoms with Gasteiger partial charge in [-0.3, -0.25) is 9.80 Å². The molecule has 1 saturated heterocycles. The highest BCUT2D eigenvalue weighted by molar-refractivity contribution is 5.42. The van der Waals surface area contributed by atoms with Gasteiger partial charge in [-0.1, -0.05) is 18.2 Å². The summed E-state index contributed by atoms with van der Waals surface area (Å²) in [6.07, 6.45) is 0. The van der Waals surface area contributed by atoms with Crippen LogP contribution in [0, 0.1) is 0 Å². The first-order valence-corrected chi connectivity index (χ1v) is 7.01. The van der Waals surface area contributed by atoms with Crippen LogP contribution in [0.1, 0.15) is 13.8 Å². The molecule has 1 aromatic rings. The molecule has 3 nitrogen and oxygen atoms in total. The highest BCUT2D eigenvalue weighted by atomic mass is 15.3. The van der Waals surface area contributed by atoms with Crippen molar-refractivity contribution in [3.63, 3.8) is 0 Å². The van der Waals surface area contributed by atoms with Crippen molar-refractivity contribution >= 4 is 5.69 Å². The van der Waals surface area contributed by atoms with E-state index in [1.54, 1.807) is 0 Å². The van der Waals surface area contributed by atoms with E-state index in [2.05, 4.69) is 59.3 Å².